The van der Waals surface area contributed by atoms with E-state index in [0.717, 1.165) is 23.7 Å². The van der Waals surface area contributed by atoms with E-state index in [1.165, 1.54) is 51.4 Å². The third kappa shape index (κ3) is 1.82. The maximum absolute atomic E-state index is 2.74. The minimum absolute atomic E-state index is 0.441. The van der Waals surface area contributed by atoms with Crippen LogP contribution in [0.4, 0.5) is 0 Å². The maximum atomic E-state index is 2.74. The smallest absolute Gasteiger partial charge is 0.00952 e. The van der Waals surface area contributed by atoms with E-state index in [9.17, 15) is 0 Å². The SMILES string of the molecule is CC[C@H]1[C@@H](C)C[C@H]2[C@@H]3CC=C4CCCC[C@]4(C)C3=CC[C@@]21C. The fourth-order valence-electron chi connectivity index (χ4n) is 7.33. The van der Waals surface area contributed by atoms with E-state index in [2.05, 4.69) is 39.8 Å². The zero-order chi connectivity index (χ0) is 15.5. The standard InChI is InChI=1S/C22H34/c1-5-18-15(2)14-20-17-10-9-16-8-6-7-12-21(16,3)19(17)11-13-22(18,20)4/h9,11,15,17-18,20H,5-8,10,12-14H2,1-4H3/t15-,17+,18-,20-,21-,22+/m0/s1. The van der Waals surface area contributed by atoms with Gasteiger partial charge in [-0.25, -0.2) is 0 Å². The van der Waals surface area contributed by atoms with Gasteiger partial charge in [-0.15, -0.1) is 0 Å². The van der Waals surface area contributed by atoms with E-state index in [-0.39, 0.29) is 0 Å². The first-order chi connectivity index (χ1) is 10.5. The topological polar surface area (TPSA) is 0 Å². The summed E-state index contributed by atoms with van der Waals surface area (Å²) < 4.78 is 0. The minimum Gasteiger partial charge on any atom is -0.0838 e. The fraction of sp³-hybridized carbons (Fsp3) is 0.818. The largest absolute Gasteiger partial charge is 0.0838 e. The third-order valence-corrected chi connectivity index (χ3v) is 8.43. The van der Waals surface area contributed by atoms with Gasteiger partial charge in [0.25, 0.3) is 0 Å². The van der Waals surface area contributed by atoms with Gasteiger partial charge >= 0.3 is 0 Å². The van der Waals surface area contributed by atoms with Crippen LogP contribution in [0.5, 0.6) is 0 Å². The summed E-state index contributed by atoms with van der Waals surface area (Å²) in [5.74, 6) is 3.69. The Hall–Kier alpha value is -0.520. The molecule has 0 radical (unpaired) electrons. The Morgan fingerprint density at radius 1 is 1.18 bits per heavy atom. The minimum atomic E-state index is 0.441. The molecule has 0 aromatic rings. The summed E-state index contributed by atoms with van der Waals surface area (Å²) in [7, 11) is 0. The second-order valence-electron chi connectivity index (χ2n) is 9.31. The second kappa shape index (κ2) is 4.99. The van der Waals surface area contributed by atoms with E-state index in [4.69, 9.17) is 0 Å². The van der Waals surface area contributed by atoms with Crippen molar-refractivity contribution < 1.29 is 0 Å². The predicted molar refractivity (Wildman–Crippen MR) is 94.6 cm³/mol. The van der Waals surface area contributed by atoms with Crippen molar-refractivity contribution in [1.29, 1.82) is 0 Å². The Morgan fingerprint density at radius 3 is 2.77 bits per heavy atom. The zero-order valence-electron chi connectivity index (χ0n) is 15.1. The molecule has 0 nitrogen and oxygen atoms in total. The number of hydrogen-bond donors (Lipinski definition) is 0. The van der Waals surface area contributed by atoms with Gasteiger partial charge in [0.15, 0.2) is 0 Å². The van der Waals surface area contributed by atoms with E-state index in [1.54, 1.807) is 5.57 Å². The van der Waals surface area contributed by atoms with Gasteiger partial charge in [-0.2, -0.15) is 0 Å². The maximum Gasteiger partial charge on any atom is 0.00952 e. The summed E-state index contributed by atoms with van der Waals surface area (Å²) in [4.78, 5) is 0. The molecule has 0 amide bonds. The monoisotopic (exact) mass is 298 g/mol. The molecule has 0 heteroatoms. The van der Waals surface area contributed by atoms with Gasteiger partial charge in [0.2, 0.25) is 0 Å². The molecule has 0 saturated heterocycles. The van der Waals surface area contributed by atoms with Crippen LogP contribution in [0.15, 0.2) is 23.3 Å². The van der Waals surface area contributed by atoms with Gasteiger partial charge in [0.05, 0.1) is 0 Å². The summed E-state index contributed by atoms with van der Waals surface area (Å²) in [5.41, 5.74) is 4.69. The second-order valence-corrected chi connectivity index (χ2v) is 9.31. The van der Waals surface area contributed by atoms with Crippen LogP contribution < -0.4 is 0 Å². The Balaban J connectivity index is 1.74. The van der Waals surface area contributed by atoms with Crippen molar-refractivity contribution in [3.05, 3.63) is 23.3 Å². The van der Waals surface area contributed by atoms with Crippen LogP contribution in [0.3, 0.4) is 0 Å². The highest BCUT2D eigenvalue weighted by Crippen LogP contribution is 2.65. The molecule has 22 heavy (non-hydrogen) atoms. The molecule has 0 bridgehead atoms. The third-order valence-electron chi connectivity index (χ3n) is 8.43. The molecule has 6 atom stereocenters. The average Bonchev–Trinajstić information content (AvgIpc) is 2.76. The van der Waals surface area contributed by atoms with Crippen molar-refractivity contribution in [1.82, 2.24) is 0 Å². The van der Waals surface area contributed by atoms with Crippen LogP contribution in [0.1, 0.15) is 79.1 Å². The Morgan fingerprint density at radius 2 is 2.00 bits per heavy atom. The number of allylic oxidation sites excluding steroid dienone is 4. The van der Waals surface area contributed by atoms with Gasteiger partial charge in [-0.05, 0) is 67.6 Å². The summed E-state index contributed by atoms with van der Waals surface area (Å²) >= 11 is 0. The quantitative estimate of drug-likeness (QED) is 0.483. The molecular weight excluding hydrogens is 264 g/mol. The van der Waals surface area contributed by atoms with Crippen LogP contribution >= 0.6 is 0 Å². The molecule has 0 aromatic heterocycles. The molecule has 0 heterocycles. The van der Waals surface area contributed by atoms with E-state index < -0.39 is 0 Å². The van der Waals surface area contributed by atoms with Gasteiger partial charge in [0, 0.05) is 5.41 Å². The molecule has 122 valence electrons. The van der Waals surface area contributed by atoms with Gasteiger partial charge in [-0.3, -0.25) is 0 Å². The molecule has 2 saturated carbocycles. The molecule has 0 aromatic carbocycles. The Bertz CT molecular complexity index is 524. The molecule has 0 N–H and O–H groups in total. The molecule has 0 spiro atoms. The molecule has 4 aliphatic carbocycles. The lowest BCUT2D eigenvalue weighted by atomic mass is 9.52. The van der Waals surface area contributed by atoms with Crippen LogP contribution in [0, 0.1) is 34.5 Å². The Kier molecular flexibility index (Phi) is 3.41. The van der Waals surface area contributed by atoms with Crippen LogP contribution in [0.25, 0.3) is 0 Å². The lowest BCUT2D eigenvalue weighted by Gasteiger charge is -2.53. The Labute approximate surface area is 137 Å². The lowest BCUT2D eigenvalue weighted by molar-refractivity contribution is 0.0867. The lowest BCUT2D eigenvalue weighted by Crippen LogP contribution is -2.43. The highest BCUT2D eigenvalue weighted by atomic mass is 14.6. The molecular formula is C22H34. The first kappa shape index (κ1) is 15.0. The predicted octanol–water partition coefficient (Wildman–Crippen LogP) is 6.53. The van der Waals surface area contributed by atoms with Crippen molar-refractivity contribution in [2.45, 2.75) is 79.1 Å². The molecule has 4 aliphatic rings. The fourth-order valence-corrected chi connectivity index (χ4v) is 7.33. The summed E-state index contributed by atoms with van der Waals surface area (Å²) in [6.45, 7) is 10.2. The summed E-state index contributed by atoms with van der Waals surface area (Å²) in [6.07, 6.45) is 16.6. The van der Waals surface area contributed by atoms with Crippen LogP contribution in [-0.2, 0) is 0 Å². The van der Waals surface area contributed by atoms with Gasteiger partial charge in [0.1, 0.15) is 0 Å². The van der Waals surface area contributed by atoms with Gasteiger partial charge in [-0.1, -0.05) is 63.8 Å². The molecule has 4 rings (SSSR count). The van der Waals surface area contributed by atoms with E-state index in [0.29, 0.717) is 10.8 Å². The summed E-state index contributed by atoms with van der Waals surface area (Å²) in [5, 5.41) is 0. The van der Waals surface area contributed by atoms with Gasteiger partial charge < -0.3 is 0 Å². The normalized spacial score (nSPS) is 50.5. The number of rotatable bonds is 1. The first-order valence-corrected chi connectivity index (χ1v) is 9.90. The van der Waals surface area contributed by atoms with Crippen molar-refractivity contribution in [3.63, 3.8) is 0 Å². The molecule has 2 fully saturated rings. The van der Waals surface area contributed by atoms with Crippen LogP contribution in [-0.4, -0.2) is 0 Å². The first-order valence-electron chi connectivity index (χ1n) is 9.90. The van der Waals surface area contributed by atoms with Crippen molar-refractivity contribution in [2.24, 2.45) is 34.5 Å². The molecule has 0 aliphatic heterocycles. The average molecular weight is 299 g/mol. The van der Waals surface area contributed by atoms with E-state index >= 15 is 0 Å². The van der Waals surface area contributed by atoms with E-state index in [1.807, 2.05) is 5.57 Å². The van der Waals surface area contributed by atoms with Crippen molar-refractivity contribution in [3.8, 4) is 0 Å². The van der Waals surface area contributed by atoms with Crippen molar-refractivity contribution >= 4 is 0 Å². The zero-order valence-corrected chi connectivity index (χ0v) is 15.1. The molecule has 0 unspecified atom stereocenters. The van der Waals surface area contributed by atoms with Crippen molar-refractivity contribution in [2.75, 3.05) is 0 Å². The van der Waals surface area contributed by atoms with Crippen LogP contribution in [0.2, 0.25) is 0 Å². The number of fused-ring (bicyclic) bond motifs is 5. The number of hydrogen-bond acceptors (Lipinski definition) is 0. The highest BCUT2D eigenvalue weighted by Gasteiger charge is 2.56. The highest BCUT2D eigenvalue weighted by molar-refractivity contribution is 5.39. The summed E-state index contributed by atoms with van der Waals surface area (Å²) in [6, 6.07) is 0.